The Bertz CT molecular complexity index is 181. The lowest BCUT2D eigenvalue weighted by Crippen LogP contribution is -2.40. The summed E-state index contributed by atoms with van der Waals surface area (Å²) in [6, 6.07) is -0.685. The van der Waals surface area contributed by atoms with Gasteiger partial charge in [0.2, 0.25) is 5.91 Å². The quantitative estimate of drug-likeness (QED) is 0.613. The van der Waals surface area contributed by atoms with Crippen molar-refractivity contribution < 1.29 is 14.3 Å². The molecule has 1 atom stereocenters. The van der Waals surface area contributed by atoms with Crippen LogP contribution in [-0.4, -0.2) is 38.4 Å². The Hall–Kier alpha value is -0.650. The molecule has 0 spiro atoms. The number of hydrogen-bond acceptors (Lipinski definition) is 4. The highest BCUT2D eigenvalue weighted by Gasteiger charge is 2.15. The lowest BCUT2D eigenvalue weighted by molar-refractivity contribution is -0.120. The molecule has 5 nitrogen and oxygen atoms in total. The van der Waals surface area contributed by atoms with Crippen LogP contribution >= 0.6 is 0 Å². The van der Waals surface area contributed by atoms with Crippen molar-refractivity contribution >= 4 is 5.91 Å². The van der Waals surface area contributed by atoms with E-state index in [1.165, 1.54) is 0 Å². The van der Waals surface area contributed by atoms with Gasteiger partial charge < -0.3 is 20.9 Å². The largest absolute Gasteiger partial charge is 0.381 e. The number of nitrogens with two attached hydrogens (primary N) is 2. The maximum atomic E-state index is 10.6. The van der Waals surface area contributed by atoms with Gasteiger partial charge in [0.25, 0.3) is 0 Å². The first-order valence-corrected chi connectivity index (χ1v) is 4.90. The zero-order chi connectivity index (χ0) is 10.4. The van der Waals surface area contributed by atoms with Crippen molar-refractivity contribution in [1.29, 1.82) is 0 Å². The van der Waals surface area contributed by atoms with Gasteiger partial charge in [-0.25, -0.2) is 0 Å². The lowest BCUT2D eigenvalue weighted by atomic mass is 10.0. The number of amides is 1. The Morgan fingerprint density at radius 3 is 2.71 bits per heavy atom. The monoisotopic (exact) mass is 202 g/mol. The molecule has 0 radical (unpaired) electrons. The van der Waals surface area contributed by atoms with E-state index in [9.17, 15) is 4.79 Å². The normalized spacial score (nSPS) is 20.6. The maximum Gasteiger partial charge on any atom is 0.236 e. The minimum atomic E-state index is -0.685. The van der Waals surface area contributed by atoms with Gasteiger partial charge >= 0.3 is 0 Å². The second-order valence-corrected chi connectivity index (χ2v) is 3.60. The van der Waals surface area contributed by atoms with Crippen molar-refractivity contribution in [2.45, 2.75) is 18.9 Å². The predicted molar refractivity (Wildman–Crippen MR) is 51.5 cm³/mol. The van der Waals surface area contributed by atoms with Crippen LogP contribution in [0, 0.1) is 5.92 Å². The van der Waals surface area contributed by atoms with Crippen molar-refractivity contribution in [2.75, 3.05) is 26.4 Å². The molecule has 1 rings (SSSR count). The van der Waals surface area contributed by atoms with Gasteiger partial charge in [0.05, 0.1) is 6.61 Å². The Morgan fingerprint density at radius 1 is 1.50 bits per heavy atom. The minimum absolute atomic E-state index is 0.215. The molecule has 1 aliphatic rings. The van der Waals surface area contributed by atoms with Crippen LogP contribution in [0.4, 0.5) is 0 Å². The van der Waals surface area contributed by atoms with Crippen molar-refractivity contribution in [3.63, 3.8) is 0 Å². The third kappa shape index (κ3) is 4.04. The van der Waals surface area contributed by atoms with Gasteiger partial charge in [0.15, 0.2) is 0 Å². The molecule has 1 heterocycles. The van der Waals surface area contributed by atoms with Gasteiger partial charge in [0.1, 0.15) is 6.04 Å². The summed E-state index contributed by atoms with van der Waals surface area (Å²) in [6.45, 7) is 2.46. The highest BCUT2D eigenvalue weighted by molar-refractivity contribution is 5.79. The van der Waals surface area contributed by atoms with Crippen molar-refractivity contribution in [1.82, 2.24) is 0 Å². The van der Waals surface area contributed by atoms with E-state index in [1.807, 2.05) is 0 Å². The Labute approximate surface area is 83.7 Å². The van der Waals surface area contributed by atoms with E-state index in [4.69, 9.17) is 20.9 Å². The van der Waals surface area contributed by atoms with E-state index in [0.29, 0.717) is 12.5 Å². The first-order valence-electron chi connectivity index (χ1n) is 4.90. The average molecular weight is 202 g/mol. The average Bonchev–Trinajstić information content (AvgIpc) is 2.19. The van der Waals surface area contributed by atoms with E-state index < -0.39 is 11.9 Å². The fourth-order valence-electron chi connectivity index (χ4n) is 1.36. The summed E-state index contributed by atoms with van der Waals surface area (Å²) in [6.07, 6.45) is 2.04. The van der Waals surface area contributed by atoms with E-state index in [1.54, 1.807) is 0 Å². The molecule has 1 unspecified atom stereocenters. The van der Waals surface area contributed by atoms with Crippen molar-refractivity contribution in [3.8, 4) is 0 Å². The first kappa shape index (κ1) is 11.4. The first-order chi connectivity index (χ1) is 6.70. The minimum Gasteiger partial charge on any atom is -0.381 e. The summed E-state index contributed by atoms with van der Waals surface area (Å²) in [5, 5.41) is 0. The Morgan fingerprint density at radius 2 is 2.14 bits per heavy atom. The standard InChI is InChI=1S/C9H18N2O3/c10-8(9(11)12)6-14-5-7-1-3-13-4-2-7/h7-8H,1-6,10H2,(H2,11,12). The van der Waals surface area contributed by atoms with Gasteiger partial charge in [0, 0.05) is 19.8 Å². The number of carbonyl (C=O) groups excluding carboxylic acids is 1. The van der Waals surface area contributed by atoms with E-state index in [-0.39, 0.29) is 6.61 Å². The van der Waals surface area contributed by atoms with Gasteiger partial charge in [-0.3, -0.25) is 4.79 Å². The summed E-state index contributed by atoms with van der Waals surface area (Å²) < 4.78 is 10.5. The maximum absolute atomic E-state index is 10.6. The van der Waals surface area contributed by atoms with Crippen LogP contribution in [0.3, 0.4) is 0 Å². The molecule has 4 N–H and O–H groups in total. The molecule has 14 heavy (non-hydrogen) atoms. The van der Waals surface area contributed by atoms with Crippen LogP contribution in [0.5, 0.6) is 0 Å². The molecular weight excluding hydrogens is 184 g/mol. The number of rotatable bonds is 5. The summed E-state index contributed by atoms with van der Waals surface area (Å²) in [5.74, 6) is 0.0146. The highest BCUT2D eigenvalue weighted by atomic mass is 16.5. The Kier molecular flexibility index (Phi) is 4.86. The van der Waals surface area contributed by atoms with Gasteiger partial charge in [-0.2, -0.15) is 0 Å². The molecule has 5 heteroatoms. The summed E-state index contributed by atoms with van der Waals surface area (Å²) >= 11 is 0. The van der Waals surface area contributed by atoms with Crippen LogP contribution in [0.2, 0.25) is 0 Å². The fourth-order valence-corrected chi connectivity index (χ4v) is 1.36. The molecule has 1 saturated heterocycles. The van der Waals surface area contributed by atoms with Crippen LogP contribution in [-0.2, 0) is 14.3 Å². The molecule has 82 valence electrons. The number of primary amides is 1. The third-order valence-electron chi connectivity index (χ3n) is 2.36. The van der Waals surface area contributed by atoms with Crippen molar-refractivity contribution in [3.05, 3.63) is 0 Å². The zero-order valence-corrected chi connectivity index (χ0v) is 8.28. The lowest BCUT2D eigenvalue weighted by Gasteiger charge is -2.22. The van der Waals surface area contributed by atoms with Gasteiger partial charge in [-0.1, -0.05) is 0 Å². The SMILES string of the molecule is NC(=O)C(N)COCC1CCOCC1. The molecule has 0 aromatic rings. The molecule has 0 saturated carbocycles. The predicted octanol–water partition coefficient (Wildman–Crippen LogP) is -0.758. The third-order valence-corrected chi connectivity index (χ3v) is 2.36. The van der Waals surface area contributed by atoms with Crippen LogP contribution in [0.1, 0.15) is 12.8 Å². The number of hydrogen-bond donors (Lipinski definition) is 2. The molecule has 1 aliphatic heterocycles. The number of carbonyl (C=O) groups is 1. The summed E-state index contributed by atoms with van der Waals surface area (Å²) in [4.78, 5) is 10.6. The Balaban J connectivity index is 2.05. The van der Waals surface area contributed by atoms with Gasteiger partial charge in [-0.05, 0) is 18.8 Å². The molecule has 0 aromatic carbocycles. The highest BCUT2D eigenvalue weighted by Crippen LogP contribution is 2.14. The van der Waals surface area contributed by atoms with E-state index >= 15 is 0 Å². The number of ether oxygens (including phenoxy) is 2. The summed E-state index contributed by atoms with van der Waals surface area (Å²) in [5.41, 5.74) is 10.4. The summed E-state index contributed by atoms with van der Waals surface area (Å²) in [7, 11) is 0. The molecular formula is C9H18N2O3. The van der Waals surface area contributed by atoms with Crippen LogP contribution in [0.15, 0.2) is 0 Å². The van der Waals surface area contributed by atoms with Crippen LogP contribution < -0.4 is 11.5 Å². The van der Waals surface area contributed by atoms with E-state index in [2.05, 4.69) is 0 Å². The molecule has 0 aliphatic carbocycles. The van der Waals surface area contributed by atoms with E-state index in [0.717, 1.165) is 26.1 Å². The second-order valence-electron chi connectivity index (χ2n) is 3.60. The molecule has 1 amide bonds. The van der Waals surface area contributed by atoms with Crippen LogP contribution in [0.25, 0.3) is 0 Å². The van der Waals surface area contributed by atoms with Crippen molar-refractivity contribution in [2.24, 2.45) is 17.4 Å². The topological polar surface area (TPSA) is 87.6 Å². The molecule has 0 bridgehead atoms. The smallest absolute Gasteiger partial charge is 0.236 e. The molecule has 1 fully saturated rings. The molecule has 0 aromatic heterocycles. The van der Waals surface area contributed by atoms with Gasteiger partial charge in [-0.15, -0.1) is 0 Å². The zero-order valence-electron chi connectivity index (χ0n) is 8.28. The fraction of sp³-hybridized carbons (Fsp3) is 0.889. The second kappa shape index (κ2) is 5.95.